The van der Waals surface area contributed by atoms with Gasteiger partial charge in [-0.05, 0) is 49.3 Å². The van der Waals surface area contributed by atoms with Gasteiger partial charge in [-0.25, -0.2) is 0 Å². The van der Waals surface area contributed by atoms with Crippen LogP contribution in [0, 0.1) is 0 Å². The van der Waals surface area contributed by atoms with Crippen molar-refractivity contribution in [3.05, 3.63) is 29.8 Å². The SMILES string of the molecule is CSC1CCC(NC2CCSc3ccccc32)C1. The van der Waals surface area contributed by atoms with Crippen LogP contribution in [0.4, 0.5) is 0 Å². The lowest BCUT2D eigenvalue weighted by Gasteiger charge is -2.28. The van der Waals surface area contributed by atoms with E-state index in [2.05, 4.69) is 35.8 Å². The number of hydrogen-bond donors (Lipinski definition) is 1. The molecule has 0 aromatic heterocycles. The zero-order chi connectivity index (χ0) is 12.4. The molecule has 1 aliphatic heterocycles. The number of benzene rings is 1. The first-order chi connectivity index (χ1) is 8.86. The molecular formula is C15H21NS2. The molecule has 0 radical (unpaired) electrons. The summed E-state index contributed by atoms with van der Waals surface area (Å²) in [5.74, 6) is 1.26. The van der Waals surface area contributed by atoms with Crippen molar-refractivity contribution in [2.45, 2.75) is 47.9 Å². The molecule has 3 heteroatoms. The fourth-order valence-electron chi connectivity index (χ4n) is 3.11. The zero-order valence-electron chi connectivity index (χ0n) is 10.9. The highest BCUT2D eigenvalue weighted by atomic mass is 32.2. The second-order valence-electron chi connectivity index (χ2n) is 5.26. The lowest BCUT2D eigenvalue weighted by atomic mass is 10.0. The summed E-state index contributed by atoms with van der Waals surface area (Å²) in [5, 5.41) is 4.80. The summed E-state index contributed by atoms with van der Waals surface area (Å²) in [6.07, 6.45) is 7.63. The maximum absolute atomic E-state index is 3.91. The molecule has 3 unspecified atom stereocenters. The van der Waals surface area contributed by atoms with Crippen LogP contribution in [0.2, 0.25) is 0 Å². The lowest BCUT2D eigenvalue weighted by molar-refractivity contribution is 0.426. The van der Waals surface area contributed by atoms with Gasteiger partial charge in [0.05, 0.1) is 0 Å². The number of nitrogens with one attached hydrogen (secondary N) is 1. The van der Waals surface area contributed by atoms with Crippen molar-refractivity contribution in [2.75, 3.05) is 12.0 Å². The van der Waals surface area contributed by atoms with E-state index < -0.39 is 0 Å². The topological polar surface area (TPSA) is 12.0 Å². The third-order valence-electron chi connectivity index (χ3n) is 4.11. The molecule has 0 bridgehead atoms. The Morgan fingerprint density at radius 2 is 2.11 bits per heavy atom. The van der Waals surface area contributed by atoms with Gasteiger partial charge in [0.25, 0.3) is 0 Å². The first kappa shape index (κ1) is 12.9. The maximum Gasteiger partial charge on any atom is 0.0341 e. The molecule has 1 heterocycles. The van der Waals surface area contributed by atoms with Crippen molar-refractivity contribution < 1.29 is 0 Å². The van der Waals surface area contributed by atoms with E-state index in [0.717, 1.165) is 11.3 Å². The normalized spacial score (nSPS) is 31.3. The summed E-state index contributed by atoms with van der Waals surface area (Å²) >= 11 is 4.05. The highest BCUT2D eigenvalue weighted by Gasteiger charge is 2.28. The number of hydrogen-bond acceptors (Lipinski definition) is 3. The molecule has 1 aromatic carbocycles. The average Bonchev–Trinajstić information content (AvgIpc) is 2.87. The fourth-order valence-corrected chi connectivity index (χ4v) is 5.03. The lowest BCUT2D eigenvalue weighted by Crippen LogP contribution is -2.33. The third kappa shape index (κ3) is 2.73. The Kier molecular flexibility index (Phi) is 4.22. The second kappa shape index (κ2) is 5.89. The maximum atomic E-state index is 3.91. The van der Waals surface area contributed by atoms with Crippen molar-refractivity contribution >= 4 is 23.5 Å². The van der Waals surface area contributed by atoms with Crippen LogP contribution in [-0.2, 0) is 0 Å². The number of thioether (sulfide) groups is 2. The minimum atomic E-state index is 0.591. The van der Waals surface area contributed by atoms with E-state index in [1.54, 1.807) is 0 Å². The van der Waals surface area contributed by atoms with Crippen LogP contribution in [-0.4, -0.2) is 23.3 Å². The number of fused-ring (bicyclic) bond motifs is 1. The van der Waals surface area contributed by atoms with Crippen LogP contribution >= 0.6 is 23.5 Å². The molecule has 18 heavy (non-hydrogen) atoms. The van der Waals surface area contributed by atoms with Crippen LogP contribution < -0.4 is 5.32 Å². The fraction of sp³-hybridized carbons (Fsp3) is 0.600. The van der Waals surface area contributed by atoms with E-state index in [1.807, 2.05) is 23.5 Å². The van der Waals surface area contributed by atoms with Gasteiger partial charge in [0.1, 0.15) is 0 Å². The van der Waals surface area contributed by atoms with Crippen molar-refractivity contribution in [1.29, 1.82) is 0 Å². The molecule has 3 atom stereocenters. The van der Waals surface area contributed by atoms with Crippen LogP contribution in [0.25, 0.3) is 0 Å². The van der Waals surface area contributed by atoms with E-state index in [4.69, 9.17) is 0 Å². The Hall–Kier alpha value is -0.120. The van der Waals surface area contributed by atoms with Crippen molar-refractivity contribution in [3.8, 4) is 0 Å². The smallest absolute Gasteiger partial charge is 0.0341 e. The molecule has 1 aromatic rings. The molecule has 1 saturated carbocycles. The predicted octanol–water partition coefficient (Wildman–Crippen LogP) is 4.10. The van der Waals surface area contributed by atoms with E-state index >= 15 is 0 Å². The van der Waals surface area contributed by atoms with Gasteiger partial charge in [0, 0.05) is 22.2 Å². The molecule has 1 aliphatic carbocycles. The summed E-state index contributed by atoms with van der Waals surface area (Å²) in [7, 11) is 0. The summed E-state index contributed by atoms with van der Waals surface area (Å²) in [6.45, 7) is 0. The zero-order valence-corrected chi connectivity index (χ0v) is 12.5. The first-order valence-electron chi connectivity index (χ1n) is 6.87. The Balaban J connectivity index is 1.67. The molecule has 3 rings (SSSR count). The van der Waals surface area contributed by atoms with Crippen molar-refractivity contribution in [3.63, 3.8) is 0 Å². The van der Waals surface area contributed by atoms with Crippen LogP contribution in [0.15, 0.2) is 29.2 Å². The monoisotopic (exact) mass is 279 g/mol. The van der Waals surface area contributed by atoms with Crippen LogP contribution in [0.1, 0.15) is 37.3 Å². The van der Waals surface area contributed by atoms with E-state index in [0.29, 0.717) is 6.04 Å². The Morgan fingerprint density at radius 3 is 2.94 bits per heavy atom. The van der Waals surface area contributed by atoms with E-state index in [1.165, 1.54) is 41.9 Å². The van der Waals surface area contributed by atoms with Crippen molar-refractivity contribution in [2.24, 2.45) is 0 Å². The minimum Gasteiger partial charge on any atom is -0.307 e. The van der Waals surface area contributed by atoms with E-state index in [9.17, 15) is 0 Å². The molecular weight excluding hydrogens is 258 g/mol. The van der Waals surface area contributed by atoms with Gasteiger partial charge in [-0.2, -0.15) is 11.8 Å². The van der Waals surface area contributed by atoms with Gasteiger partial charge in [0.15, 0.2) is 0 Å². The highest BCUT2D eigenvalue weighted by Crippen LogP contribution is 2.37. The van der Waals surface area contributed by atoms with Crippen LogP contribution in [0.3, 0.4) is 0 Å². The summed E-state index contributed by atoms with van der Waals surface area (Å²) in [6, 6.07) is 10.2. The first-order valence-corrected chi connectivity index (χ1v) is 9.14. The van der Waals surface area contributed by atoms with Crippen LogP contribution in [0.5, 0.6) is 0 Å². The van der Waals surface area contributed by atoms with E-state index in [-0.39, 0.29) is 0 Å². The summed E-state index contributed by atoms with van der Waals surface area (Å²) in [4.78, 5) is 1.49. The Morgan fingerprint density at radius 1 is 1.22 bits per heavy atom. The minimum absolute atomic E-state index is 0.591. The molecule has 1 fully saturated rings. The summed E-state index contributed by atoms with van der Waals surface area (Å²) < 4.78 is 0. The molecule has 98 valence electrons. The standard InChI is InChI=1S/C15H21NS2/c1-17-12-7-6-11(10-12)16-14-8-9-18-15-5-3-2-4-13(14)15/h2-5,11-12,14,16H,6-10H2,1H3. The quantitative estimate of drug-likeness (QED) is 0.895. The van der Waals surface area contributed by atoms with Gasteiger partial charge in [-0.3, -0.25) is 0 Å². The highest BCUT2D eigenvalue weighted by molar-refractivity contribution is 7.99. The van der Waals surface area contributed by atoms with Gasteiger partial charge in [-0.15, -0.1) is 11.8 Å². The van der Waals surface area contributed by atoms with Gasteiger partial charge in [0.2, 0.25) is 0 Å². The molecule has 0 saturated heterocycles. The molecule has 0 spiro atoms. The van der Waals surface area contributed by atoms with Crippen molar-refractivity contribution in [1.82, 2.24) is 5.32 Å². The second-order valence-corrected chi connectivity index (χ2v) is 7.54. The largest absolute Gasteiger partial charge is 0.307 e. The third-order valence-corrected chi connectivity index (χ3v) is 6.33. The van der Waals surface area contributed by atoms with Gasteiger partial charge in [-0.1, -0.05) is 18.2 Å². The van der Waals surface area contributed by atoms with Gasteiger partial charge >= 0.3 is 0 Å². The molecule has 0 amide bonds. The molecule has 2 aliphatic rings. The average molecular weight is 279 g/mol. The Bertz CT molecular complexity index is 407. The summed E-state index contributed by atoms with van der Waals surface area (Å²) in [5.41, 5.74) is 1.53. The Labute approximate surface area is 119 Å². The van der Waals surface area contributed by atoms with Gasteiger partial charge < -0.3 is 5.32 Å². The molecule has 1 nitrogen and oxygen atoms in total. The molecule has 1 N–H and O–H groups in total. The number of rotatable bonds is 3. The predicted molar refractivity (Wildman–Crippen MR) is 82.6 cm³/mol.